The summed E-state index contributed by atoms with van der Waals surface area (Å²) in [4.78, 5) is 25.8. The minimum absolute atomic E-state index is 0.0548. The number of thiazole rings is 2. The number of likely N-dealkylation sites (N-methyl/N-ethyl adjacent to an activating group) is 1. The number of aryl methyl sites for hydroxylation is 2. The number of aromatic nitrogens is 4. The zero-order valence-electron chi connectivity index (χ0n) is 28.9. The number of carboxylic acids is 1. The first kappa shape index (κ1) is 37.5. The summed E-state index contributed by atoms with van der Waals surface area (Å²) in [6.07, 6.45) is 1.37. The number of ether oxygens (including phenoxy) is 1. The van der Waals surface area contributed by atoms with Crippen LogP contribution in [0.2, 0.25) is 0 Å². The van der Waals surface area contributed by atoms with Gasteiger partial charge in [-0.05, 0) is 95.7 Å². The van der Waals surface area contributed by atoms with Crippen molar-refractivity contribution in [1.29, 1.82) is 0 Å². The van der Waals surface area contributed by atoms with E-state index in [0.29, 0.717) is 77.7 Å². The summed E-state index contributed by atoms with van der Waals surface area (Å²) in [6, 6.07) is 14.3. The van der Waals surface area contributed by atoms with Crippen molar-refractivity contribution in [3.05, 3.63) is 76.0 Å². The first-order chi connectivity index (χ1) is 24.6. The molecular formula is C36H41FN8O4S2. The number of fused-ring (bicyclic) bond motifs is 1. The Morgan fingerprint density at radius 2 is 1.92 bits per heavy atom. The number of halogens is 1. The summed E-state index contributed by atoms with van der Waals surface area (Å²) >= 11 is 2.77. The van der Waals surface area contributed by atoms with Gasteiger partial charge in [0.2, 0.25) is 0 Å². The highest BCUT2D eigenvalue weighted by atomic mass is 32.1. The molecule has 268 valence electrons. The number of nitrogens with zero attached hydrogens (tertiary/aromatic N) is 6. The van der Waals surface area contributed by atoms with E-state index in [-0.39, 0.29) is 18.1 Å². The van der Waals surface area contributed by atoms with Crippen LogP contribution in [-0.4, -0.2) is 94.7 Å². The Balaban J connectivity index is 1.30. The second-order valence-corrected chi connectivity index (χ2v) is 14.2. The first-order valence-corrected chi connectivity index (χ1v) is 18.1. The molecule has 0 saturated heterocycles. The summed E-state index contributed by atoms with van der Waals surface area (Å²) < 4.78 is 21.4. The molecule has 2 aromatic carbocycles. The molecule has 0 aliphatic heterocycles. The van der Waals surface area contributed by atoms with Crippen molar-refractivity contribution in [3.8, 4) is 17.6 Å². The van der Waals surface area contributed by atoms with E-state index in [2.05, 4.69) is 42.6 Å². The maximum Gasteiger partial charge on any atom is 0.355 e. The van der Waals surface area contributed by atoms with E-state index < -0.39 is 17.9 Å². The summed E-state index contributed by atoms with van der Waals surface area (Å²) in [7, 11) is 5.60. The van der Waals surface area contributed by atoms with Gasteiger partial charge in [0, 0.05) is 23.5 Å². The van der Waals surface area contributed by atoms with Gasteiger partial charge in [0.25, 0.3) is 0 Å². The molecule has 51 heavy (non-hydrogen) atoms. The fourth-order valence-corrected chi connectivity index (χ4v) is 7.08. The average molecular weight is 733 g/mol. The van der Waals surface area contributed by atoms with Gasteiger partial charge in [-0.25, -0.2) is 19.2 Å². The number of anilines is 4. The number of hydrogen-bond donors (Lipinski definition) is 4. The van der Waals surface area contributed by atoms with Crippen molar-refractivity contribution in [2.75, 3.05) is 57.6 Å². The van der Waals surface area contributed by atoms with E-state index in [4.69, 9.17) is 4.74 Å². The molecule has 5 rings (SSSR count). The van der Waals surface area contributed by atoms with E-state index in [1.807, 2.05) is 61.2 Å². The lowest BCUT2D eigenvalue weighted by molar-refractivity contribution is 0.0690. The molecule has 5 aromatic rings. The third-order valence-electron chi connectivity index (χ3n) is 7.61. The third kappa shape index (κ3) is 10.4. The topological polar surface area (TPSA) is 149 Å². The molecule has 0 saturated carbocycles. The van der Waals surface area contributed by atoms with Crippen molar-refractivity contribution < 1.29 is 24.1 Å². The quantitative estimate of drug-likeness (QED) is 0.0671. The molecule has 15 heteroatoms. The standard InChI is InChI=1S/C36H41FN8O4S2/c1-23-20-31(42-43-33(23)41-35-39-27-12-5-6-13-29(27)50-35)45(18-8-11-25(46)22-38-2)36-40-32(34(47)48)30(51-36)14-9-19-49-28-16-15-24(21-26(28)37)10-7-17-44(3)4/h5-6,12-13,15-16,20-21,25,38,46H,8-9,11,14,17-19,22H2,1-4H3,(H,47,48)(H,39,41,43). The van der Waals surface area contributed by atoms with Crippen LogP contribution in [0.15, 0.2) is 48.5 Å². The minimum Gasteiger partial charge on any atom is -0.491 e. The van der Waals surface area contributed by atoms with Gasteiger partial charge in [-0.1, -0.05) is 35.3 Å². The second kappa shape index (κ2) is 18.0. The van der Waals surface area contributed by atoms with Crippen molar-refractivity contribution in [2.45, 2.75) is 38.7 Å². The highest BCUT2D eigenvalue weighted by molar-refractivity contribution is 7.22. The number of aromatic carboxylic acids is 1. The summed E-state index contributed by atoms with van der Waals surface area (Å²) in [5.41, 5.74) is 2.21. The number of carbonyl (C=O) groups is 1. The van der Waals surface area contributed by atoms with E-state index >= 15 is 0 Å². The van der Waals surface area contributed by atoms with Crippen LogP contribution in [0.3, 0.4) is 0 Å². The Morgan fingerprint density at radius 3 is 2.65 bits per heavy atom. The Hall–Kier alpha value is -4.72. The summed E-state index contributed by atoms with van der Waals surface area (Å²) in [5.74, 6) is 5.42. The fourth-order valence-electron chi connectivity index (χ4n) is 5.09. The van der Waals surface area contributed by atoms with E-state index in [9.17, 15) is 19.4 Å². The first-order valence-electron chi connectivity index (χ1n) is 16.5. The highest BCUT2D eigenvalue weighted by Crippen LogP contribution is 2.34. The van der Waals surface area contributed by atoms with Gasteiger partial charge < -0.3 is 30.5 Å². The Labute approximate surface area is 304 Å². The number of hydrogen-bond acceptors (Lipinski definition) is 13. The zero-order chi connectivity index (χ0) is 36.3. The van der Waals surface area contributed by atoms with Crippen LogP contribution in [0, 0.1) is 24.6 Å². The normalized spacial score (nSPS) is 11.7. The Bertz CT molecular complexity index is 1970. The fraction of sp³-hybridized carbons (Fsp3) is 0.361. The lowest BCUT2D eigenvalue weighted by Crippen LogP contribution is -2.26. The van der Waals surface area contributed by atoms with Crippen LogP contribution in [-0.2, 0) is 6.42 Å². The summed E-state index contributed by atoms with van der Waals surface area (Å²) in [5, 5.41) is 36.7. The predicted octanol–water partition coefficient (Wildman–Crippen LogP) is 5.86. The number of nitrogens with one attached hydrogen (secondary N) is 2. The van der Waals surface area contributed by atoms with Gasteiger partial charge in [-0.15, -0.1) is 21.5 Å². The predicted molar refractivity (Wildman–Crippen MR) is 201 cm³/mol. The molecule has 12 nitrogen and oxygen atoms in total. The van der Waals surface area contributed by atoms with Crippen LogP contribution >= 0.6 is 22.7 Å². The second-order valence-electron chi connectivity index (χ2n) is 12.1. The smallest absolute Gasteiger partial charge is 0.355 e. The molecule has 3 heterocycles. The van der Waals surface area contributed by atoms with Gasteiger partial charge in [0.15, 0.2) is 39.2 Å². The molecule has 0 fully saturated rings. The largest absolute Gasteiger partial charge is 0.491 e. The molecule has 3 aromatic heterocycles. The van der Waals surface area contributed by atoms with Crippen LogP contribution in [0.25, 0.3) is 10.2 Å². The van der Waals surface area contributed by atoms with Gasteiger partial charge >= 0.3 is 5.97 Å². The monoisotopic (exact) mass is 732 g/mol. The van der Waals surface area contributed by atoms with Crippen molar-refractivity contribution in [3.63, 3.8) is 0 Å². The van der Waals surface area contributed by atoms with Crippen LogP contribution in [0.1, 0.15) is 45.8 Å². The number of aliphatic hydroxyl groups excluding tert-OH is 1. The van der Waals surface area contributed by atoms with E-state index in [0.717, 1.165) is 15.8 Å². The van der Waals surface area contributed by atoms with Crippen molar-refractivity contribution in [2.24, 2.45) is 0 Å². The van der Waals surface area contributed by atoms with Gasteiger partial charge in [0.05, 0.1) is 29.5 Å². The maximum absolute atomic E-state index is 14.7. The maximum atomic E-state index is 14.7. The average Bonchev–Trinajstić information content (AvgIpc) is 3.71. The van der Waals surface area contributed by atoms with Gasteiger partial charge in [0.1, 0.15) is 0 Å². The van der Waals surface area contributed by atoms with E-state index in [1.165, 1.54) is 28.7 Å². The van der Waals surface area contributed by atoms with Crippen LogP contribution in [0.5, 0.6) is 5.75 Å². The lowest BCUT2D eigenvalue weighted by atomic mass is 10.2. The number of rotatable bonds is 17. The molecule has 1 unspecified atom stereocenters. The molecule has 0 aliphatic carbocycles. The molecule has 0 amide bonds. The van der Waals surface area contributed by atoms with Crippen molar-refractivity contribution in [1.82, 2.24) is 30.4 Å². The molecule has 1 atom stereocenters. The minimum atomic E-state index is -1.15. The molecule has 0 spiro atoms. The zero-order valence-corrected chi connectivity index (χ0v) is 30.6. The lowest BCUT2D eigenvalue weighted by Gasteiger charge is -2.22. The van der Waals surface area contributed by atoms with Gasteiger partial charge in [-0.3, -0.25) is 4.90 Å². The molecule has 0 aliphatic rings. The van der Waals surface area contributed by atoms with Gasteiger partial charge in [-0.2, -0.15) is 0 Å². The number of para-hydroxylation sites is 1. The molecule has 0 radical (unpaired) electrons. The Kier molecular flexibility index (Phi) is 13.2. The van der Waals surface area contributed by atoms with Crippen molar-refractivity contribution >= 4 is 60.8 Å². The van der Waals surface area contributed by atoms with Crippen LogP contribution in [0.4, 0.5) is 26.3 Å². The Morgan fingerprint density at radius 1 is 1.10 bits per heavy atom. The number of aliphatic hydroxyl groups is 1. The van der Waals surface area contributed by atoms with E-state index in [1.54, 1.807) is 19.2 Å². The molecule has 4 N–H and O–H groups in total. The number of carboxylic acid groups (broad SMARTS) is 1. The third-order valence-corrected chi connectivity index (χ3v) is 9.70. The molecule has 0 bridgehead atoms. The SMILES string of the molecule is CNCC(O)CCCN(c1cc(C)c(Nc2nc3ccccc3s2)nn1)c1nc(C(=O)O)c(CCCOc2ccc(C#CCN(C)C)cc2F)s1. The highest BCUT2D eigenvalue weighted by Gasteiger charge is 2.24. The molecular weight excluding hydrogens is 692 g/mol. The number of benzene rings is 2. The van der Waals surface area contributed by atoms with Crippen LogP contribution < -0.4 is 20.3 Å². The summed E-state index contributed by atoms with van der Waals surface area (Å²) in [6.45, 7) is 3.53.